The lowest BCUT2D eigenvalue weighted by atomic mass is 9.85. The first kappa shape index (κ1) is 20.0. The normalized spacial score (nSPS) is 19.3. The van der Waals surface area contributed by atoms with E-state index in [0.29, 0.717) is 38.8 Å². The van der Waals surface area contributed by atoms with Gasteiger partial charge in [0.1, 0.15) is 0 Å². The Morgan fingerprint density at radius 1 is 1.06 bits per heavy atom. The number of aromatic nitrogens is 6. The summed E-state index contributed by atoms with van der Waals surface area (Å²) in [6, 6.07) is 5.52. The second-order valence-electron chi connectivity index (χ2n) is 8.08. The maximum Gasteiger partial charge on any atom is 0.266 e. The van der Waals surface area contributed by atoms with Crippen molar-refractivity contribution in [3.63, 3.8) is 0 Å². The Labute approximate surface area is 182 Å². The minimum Gasteiger partial charge on any atom is -0.312 e. The molecule has 0 spiro atoms. The topological polar surface area (TPSA) is 98.5 Å². The summed E-state index contributed by atoms with van der Waals surface area (Å²) in [4.78, 5) is 35.5. The fourth-order valence-electron chi connectivity index (χ4n) is 4.52. The SMILES string of the molecule is CCSc1n[nH]c(-n2ccc3nc4ccn([C@H]5CCCC[C@@H]5C)c(=O)c4cc3c2=O)n1. The lowest BCUT2D eigenvalue weighted by molar-refractivity contribution is 0.253. The van der Waals surface area contributed by atoms with Gasteiger partial charge in [-0.05, 0) is 42.7 Å². The monoisotopic (exact) mass is 436 g/mol. The third kappa shape index (κ3) is 3.46. The van der Waals surface area contributed by atoms with E-state index in [0.717, 1.165) is 25.0 Å². The number of thioether (sulfide) groups is 1. The average molecular weight is 437 g/mol. The lowest BCUT2D eigenvalue weighted by Crippen LogP contribution is -2.30. The van der Waals surface area contributed by atoms with Gasteiger partial charge in [0.25, 0.3) is 11.1 Å². The van der Waals surface area contributed by atoms with Gasteiger partial charge < -0.3 is 4.57 Å². The number of pyridine rings is 3. The van der Waals surface area contributed by atoms with Crippen LogP contribution in [0.15, 0.2) is 45.3 Å². The van der Waals surface area contributed by atoms with Crippen molar-refractivity contribution >= 4 is 33.6 Å². The Hall–Kier alpha value is -2.94. The molecular formula is C22H24N6O2S. The van der Waals surface area contributed by atoms with Crippen LogP contribution >= 0.6 is 11.8 Å². The summed E-state index contributed by atoms with van der Waals surface area (Å²) in [5.41, 5.74) is 0.800. The summed E-state index contributed by atoms with van der Waals surface area (Å²) in [5, 5.41) is 8.40. The Morgan fingerprint density at radius 3 is 2.58 bits per heavy atom. The maximum atomic E-state index is 13.3. The van der Waals surface area contributed by atoms with Crippen molar-refractivity contribution in [1.29, 1.82) is 0 Å². The van der Waals surface area contributed by atoms with Gasteiger partial charge in [0.15, 0.2) is 0 Å². The fraction of sp³-hybridized carbons (Fsp3) is 0.409. The van der Waals surface area contributed by atoms with Crippen LogP contribution < -0.4 is 11.1 Å². The third-order valence-corrected chi connectivity index (χ3v) is 6.88. The number of nitrogens with one attached hydrogen (secondary N) is 1. The molecule has 1 fully saturated rings. The van der Waals surface area contributed by atoms with Gasteiger partial charge in [-0.3, -0.25) is 14.2 Å². The molecule has 1 saturated carbocycles. The molecule has 0 bridgehead atoms. The van der Waals surface area contributed by atoms with Gasteiger partial charge in [-0.1, -0.05) is 38.5 Å². The van der Waals surface area contributed by atoms with E-state index < -0.39 is 0 Å². The molecule has 1 aliphatic rings. The minimum absolute atomic E-state index is 0.0817. The summed E-state index contributed by atoms with van der Waals surface area (Å²) in [6.07, 6.45) is 7.98. The molecule has 5 rings (SSSR count). The van der Waals surface area contributed by atoms with E-state index in [4.69, 9.17) is 0 Å². The predicted octanol–water partition coefficient (Wildman–Crippen LogP) is 3.68. The molecule has 31 heavy (non-hydrogen) atoms. The van der Waals surface area contributed by atoms with Crippen LogP contribution in [0.5, 0.6) is 0 Å². The third-order valence-electron chi connectivity index (χ3n) is 6.15. The summed E-state index contributed by atoms with van der Waals surface area (Å²) in [6.45, 7) is 4.22. The highest BCUT2D eigenvalue weighted by Gasteiger charge is 2.24. The van der Waals surface area contributed by atoms with Gasteiger partial charge in [-0.15, -0.1) is 5.10 Å². The van der Waals surface area contributed by atoms with E-state index in [1.54, 1.807) is 18.3 Å². The quantitative estimate of drug-likeness (QED) is 0.387. The summed E-state index contributed by atoms with van der Waals surface area (Å²) in [7, 11) is 0. The molecule has 0 aliphatic heterocycles. The van der Waals surface area contributed by atoms with Crippen LogP contribution in [0.2, 0.25) is 0 Å². The van der Waals surface area contributed by atoms with E-state index in [-0.39, 0.29) is 17.2 Å². The maximum absolute atomic E-state index is 13.3. The van der Waals surface area contributed by atoms with Gasteiger partial charge in [0.2, 0.25) is 11.1 Å². The largest absolute Gasteiger partial charge is 0.312 e. The zero-order valence-corrected chi connectivity index (χ0v) is 18.4. The van der Waals surface area contributed by atoms with E-state index in [2.05, 4.69) is 27.1 Å². The van der Waals surface area contributed by atoms with Crippen molar-refractivity contribution in [2.45, 2.75) is 50.7 Å². The number of fused-ring (bicyclic) bond motifs is 2. The van der Waals surface area contributed by atoms with Crippen LogP contribution in [0, 0.1) is 5.92 Å². The molecule has 4 aromatic rings. The number of hydrogen-bond acceptors (Lipinski definition) is 6. The van der Waals surface area contributed by atoms with Crippen LogP contribution in [0.4, 0.5) is 0 Å². The van der Waals surface area contributed by atoms with Gasteiger partial charge >= 0.3 is 0 Å². The molecule has 0 radical (unpaired) electrons. The Kier molecular flexibility index (Phi) is 5.13. The van der Waals surface area contributed by atoms with Crippen LogP contribution in [-0.2, 0) is 0 Å². The molecular weight excluding hydrogens is 412 g/mol. The Morgan fingerprint density at radius 2 is 1.81 bits per heavy atom. The Balaban J connectivity index is 1.66. The zero-order valence-electron chi connectivity index (χ0n) is 17.5. The van der Waals surface area contributed by atoms with Gasteiger partial charge in [0.05, 0.1) is 21.8 Å². The van der Waals surface area contributed by atoms with Crippen LogP contribution in [0.1, 0.15) is 45.6 Å². The van der Waals surface area contributed by atoms with Gasteiger partial charge in [-0.2, -0.15) is 4.98 Å². The fourth-order valence-corrected chi connectivity index (χ4v) is 5.04. The van der Waals surface area contributed by atoms with E-state index in [1.165, 1.54) is 22.7 Å². The molecule has 1 aliphatic carbocycles. The standard InChI is InChI=1S/C22H24N6O2S/c1-3-31-22-24-21(25-26-22)28-11-9-17-15(20(28)30)12-14-16(23-17)8-10-27(19(14)29)18-7-5-4-6-13(18)2/h8-13,18H,3-7H2,1-2H3,(H,24,25,26)/t13-,18-/m0/s1. The molecule has 8 nitrogen and oxygen atoms in total. The number of nitrogens with zero attached hydrogens (tertiary/aromatic N) is 5. The summed E-state index contributed by atoms with van der Waals surface area (Å²) in [5.74, 6) is 1.65. The second kappa shape index (κ2) is 7.96. The molecule has 0 saturated heterocycles. The number of rotatable bonds is 4. The molecule has 2 atom stereocenters. The zero-order chi connectivity index (χ0) is 21.5. The highest BCUT2D eigenvalue weighted by atomic mass is 32.2. The molecule has 4 heterocycles. The van der Waals surface area contributed by atoms with E-state index >= 15 is 0 Å². The first-order valence-electron chi connectivity index (χ1n) is 10.7. The second-order valence-corrected chi connectivity index (χ2v) is 9.31. The summed E-state index contributed by atoms with van der Waals surface area (Å²) < 4.78 is 3.25. The van der Waals surface area contributed by atoms with Gasteiger partial charge in [-0.25, -0.2) is 10.1 Å². The van der Waals surface area contributed by atoms with Crippen LogP contribution in [0.25, 0.3) is 27.8 Å². The van der Waals surface area contributed by atoms with Crippen molar-refractivity contribution in [1.82, 2.24) is 29.3 Å². The van der Waals surface area contributed by atoms with Crippen molar-refractivity contribution < 1.29 is 0 Å². The molecule has 4 aromatic heterocycles. The number of hydrogen-bond donors (Lipinski definition) is 1. The molecule has 160 valence electrons. The predicted molar refractivity (Wildman–Crippen MR) is 122 cm³/mol. The first-order valence-corrected chi connectivity index (χ1v) is 11.7. The van der Waals surface area contributed by atoms with Crippen molar-refractivity contribution in [2.24, 2.45) is 5.92 Å². The number of aromatic amines is 1. The smallest absolute Gasteiger partial charge is 0.266 e. The average Bonchev–Trinajstić information content (AvgIpc) is 3.23. The highest BCUT2D eigenvalue weighted by molar-refractivity contribution is 7.99. The first-order chi connectivity index (χ1) is 15.1. The van der Waals surface area contributed by atoms with E-state index in [1.807, 2.05) is 23.8 Å². The van der Waals surface area contributed by atoms with Crippen molar-refractivity contribution in [3.05, 3.63) is 51.3 Å². The van der Waals surface area contributed by atoms with Crippen molar-refractivity contribution in [2.75, 3.05) is 5.75 Å². The molecule has 1 N–H and O–H groups in total. The van der Waals surface area contributed by atoms with E-state index in [9.17, 15) is 9.59 Å². The highest BCUT2D eigenvalue weighted by Crippen LogP contribution is 2.32. The summed E-state index contributed by atoms with van der Waals surface area (Å²) >= 11 is 1.49. The molecule has 0 amide bonds. The Bertz CT molecular complexity index is 1390. The molecule has 9 heteroatoms. The minimum atomic E-state index is -0.281. The van der Waals surface area contributed by atoms with Crippen molar-refractivity contribution in [3.8, 4) is 5.95 Å². The van der Waals surface area contributed by atoms with Gasteiger partial charge in [0, 0.05) is 18.4 Å². The lowest BCUT2D eigenvalue weighted by Gasteiger charge is -2.30. The number of H-pyrrole nitrogens is 1. The molecule has 0 unspecified atom stereocenters. The van der Waals surface area contributed by atoms with Crippen LogP contribution in [-0.4, -0.2) is 35.1 Å². The molecule has 0 aromatic carbocycles. The van der Waals surface area contributed by atoms with Crippen LogP contribution in [0.3, 0.4) is 0 Å².